The van der Waals surface area contributed by atoms with Gasteiger partial charge in [-0.1, -0.05) is 20.8 Å². The van der Waals surface area contributed by atoms with E-state index in [-0.39, 0.29) is 48.5 Å². The number of carbonyl (C=O) groups is 2. The molecule has 1 saturated heterocycles. The Morgan fingerprint density at radius 1 is 1.04 bits per heavy atom. The van der Waals surface area contributed by atoms with Gasteiger partial charge in [0.25, 0.3) is 10.1 Å². The van der Waals surface area contributed by atoms with Crippen LogP contribution in [-0.4, -0.2) is 94.4 Å². The second-order valence-electron chi connectivity index (χ2n) is 14.6. The number of carboxylic acid groups (broad SMARTS) is 1. The van der Waals surface area contributed by atoms with Crippen LogP contribution in [0.1, 0.15) is 98.2 Å². The quantitative estimate of drug-likeness (QED) is 0.148. The number of rotatable bonds is 10. The van der Waals surface area contributed by atoms with Crippen molar-refractivity contribution in [3.8, 4) is 0 Å². The third-order valence-corrected chi connectivity index (χ3v) is 12.8. The van der Waals surface area contributed by atoms with Crippen LogP contribution in [0.4, 0.5) is 0 Å². The molecule has 14 atom stereocenters. The highest BCUT2D eigenvalue weighted by Gasteiger charge is 2.61. The van der Waals surface area contributed by atoms with Crippen molar-refractivity contribution in [2.75, 3.05) is 12.3 Å². The maximum absolute atomic E-state index is 12.4. The first-order valence-electron chi connectivity index (χ1n) is 18.7. The van der Waals surface area contributed by atoms with Crippen LogP contribution in [0.3, 0.4) is 0 Å². The largest absolute Gasteiger partial charge is 0.479 e. The van der Waals surface area contributed by atoms with E-state index >= 15 is 0 Å². The molecule has 45 heavy (non-hydrogen) atoms. The lowest BCUT2D eigenvalue weighted by Crippen LogP contribution is -2.61. The first-order valence-corrected chi connectivity index (χ1v) is 17.8. The standard InChI is InChI=1S/C32H53NO11S/c1-17(4-9-24(34)33-14-15-45(40,41)42)21-7-8-22-20-6-5-18-16-19(10-12-31(18,2)23(20)11-13-32(21,22)3)43-30-27(37)25(35)26(36)28(44-30)29(38)39/h17-23,25-28,30,35-37H,4-16H2,1-3H3,(H,33,34)(H,38,39)(H,40,41,42)/t17-,18-,19-,20+,21-,22+,23?,25?,26+,27-,28+,30-,31+,32-/m1/s1/i10D2,16D2,19D. The number of fused-ring (bicyclic) bond motifs is 5. The third kappa shape index (κ3) is 6.96. The van der Waals surface area contributed by atoms with Crippen LogP contribution in [0.15, 0.2) is 0 Å². The minimum atomic E-state index is -4.16. The van der Waals surface area contributed by atoms with E-state index < -0.39 is 82.7 Å². The molecular formula is C32H53NO11S. The van der Waals surface area contributed by atoms with E-state index in [0.717, 1.165) is 25.7 Å². The summed E-state index contributed by atoms with van der Waals surface area (Å²) in [7, 11) is -4.16. The fourth-order valence-corrected chi connectivity index (χ4v) is 10.1. The highest BCUT2D eigenvalue weighted by molar-refractivity contribution is 7.85. The molecule has 13 heteroatoms. The highest BCUT2D eigenvalue weighted by atomic mass is 32.2. The fourth-order valence-electron chi connectivity index (χ4n) is 9.71. The van der Waals surface area contributed by atoms with Crippen LogP contribution < -0.4 is 5.32 Å². The van der Waals surface area contributed by atoms with Gasteiger partial charge in [-0.25, -0.2) is 4.79 Å². The van der Waals surface area contributed by atoms with E-state index in [9.17, 15) is 42.5 Å². The summed E-state index contributed by atoms with van der Waals surface area (Å²) in [5.41, 5.74) is -0.902. The van der Waals surface area contributed by atoms with E-state index in [0.29, 0.717) is 31.1 Å². The van der Waals surface area contributed by atoms with Crippen molar-refractivity contribution in [2.45, 2.75) is 128 Å². The molecule has 4 saturated carbocycles. The van der Waals surface area contributed by atoms with Crippen LogP contribution >= 0.6 is 0 Å². The molecule has 0 bridgehead atoms. The van der Waals surface area contributed by atoms with E-state index in [4.69, 9.17) is 16.8 Å². The molecule has 1 aliphatic heterocycles. The Morgan fingerprint density at radius 2 is 1.76 bits per heavy atom. The number of nitrogens with one attached hydrogen (secondary N) is 1. The number of carbonyl (C=O) groups excluding carboxylic acids is 1. The van der Waals surface area contributed by atoms with Gasteiger partial charge < -0.3 is 35.2 Å². The molecule has 5 fully saturated rings. The summed E-state index contributed by atoms with van der Waals surface area (Å²) in [5, 5.41) is 43.0. The average Bonchev–Trinajstić information content (AvgIpc) is 3.35. The van der Waals surface area contributed by atoms with Crippen molar-refractivity contribution < 1.29 is 59.3 Å². The Morgan fingerprint density at radius 3 is 2.44 bits per heavy atom. The summed E-state index contributed by atoms with van der Waals surface area (Å²) in [4.78, 5) is 24.0. The van der Waals surface area contributed by atoms with Gasteiger partial charge in [0.05, 0.1) is 13.2 Å². The molecule has 12 nitrogen and oxygen atoms in total. The van der Waals surface area contributed by atoms with Gasteiger partial charge in [0.15, 0.2) is 12.4 Å². The molecule has 0 aromatic carbocycles. The van der Waals surface area contributed by atoms with E-state index in [1.54, 1.807) is 0 Å². The van der Waals surface area contributed by atoms with Crippen LogP contribution in [0.25, 0.3) is 0 Å². The summed E-state index contributed by atoms with van der Waals surface area (Å²) in [6.07, 6.45) is -13.4. The molecule has 6 N–H and O–H groups in total. The molecule has 1 heterocycles. The number of amides is 1. The molecule has 0 radical (unpaired) electrons. The number of carboxylic acids is 1. The number of aliphatic carboxylic acids is 1. The van der Waals surface area contributed by atoms with Crippen LogP contribution in [0.5, 0.6) is 0 Å². The maximum Gasteiger partial charge on any atom is 0.335 e. The second kappa shape index (κ2) is 13.3. The first-order chi connectivity index (χ1) is 22.9. The predicted octanol–water partition coefficient (Wildman–Crippen LogP) is 2.34. The van der Waals surface area contributed by atoms with Crippen LogP contribution in [0, 0.1) is 46.3 Å². The van der Waals surface area contributed by atoms with E-state index in [1.165, 1.54) is 0 Å². The number of hydrogen-bond acceptors (Lipinski definition) is 9. The third-order valence-electron chi connectivity index (χ3n) is 12.1. The van der Waals surface area contributed by atoms with Gasteiger partial charge in [-0.05, 0) is 110 Å². The normalized spacial score (nSPS) is 51.0. The van der Waals surface area contributed by atoms with Gasteiger partial charge in [-0.3, -0.25) is 9.35 Å². The molecule has 258 valence electrons. The Kier molecular flexibility index (Phi) is 8.45. The summed E-state index contributed by atoms with van der Waals surface area (Å²) in [6, 6.07) is 0. The molecular weight excluding hydrogens is 606 g/mol. The number of hydrogen-bond donors (Lipinski definition) is 6. The lowest BCUT2D eigenvalue weighted by molar-refractivity contribution is -0.309. The van der Waals surface area contributed by atoms with Gasteiger partial charge in [-0.15, -0.1) is 0 Å². The molecule has 0 aromatic rings. The minimum Gasteiger partial charge on any atom is -0.479 e. The zero-order valence-corrected chi connectivity index (χ0v) is 27.0. The molecule has 5 rings (SSSR count). The van der Waals surface area contributed by atoms with Crippen molar-refractivity contribution in [1.82, 2.24) is 5.32 Å². The molecule has 0 spiro atoms. The Hall–Kier alpha value is -1.35. The Balaban J connectivity index is 1.31. The van der Waals surface area contributed by atoms with Crippen molar-refractivity contribution in [1.29, 1.82) is 0 Å². The molecule has 5 aliphatic rings. The van der Waals surface area contributed by atoms with Crippen molar-refractivity contribution in [3.05, 3.63) is 0 Å². The molecule has 2 unspecified atom stereocenters. The maximum atomic E-state index is 12.4. The number of aliphatic hydroxyl groups is 3. The Labute approximate surface area is 273 Å². The summed E-state index contributed by atoms with van der Waals surface area (Å²) < 4.78 is 87.7. The fraction of sp³-hybridized carbons (Fsp3) is 0.938. The zero-order chi connectivity index (χ0) is 37.4. The van der Waals surface area contributed by atoms with Crippen molar-refractivity contribution >= 4 is 22.0 Å². The topological polar surface area (TPSA) is 200 Å². The summed E-state index contributed by atoms with van der Waals surface area (Å²) in [6.45, 7) is 6.19. The highest BCUT2D eigenvalue weighted by Crippen LogP contribution is 2.68. The van der Waals surface area contributed by atoms with Gasteiger partial charge in [0.1, 0.15) is 18.3 Å². The van der Waals surface area contributed by atoms with Gasteiger partial charge in [0, 0.05) is 18.4 Å². The SMILES string of the molecule is [2H]C1([2H])C[C@]2(C)C3CC[C@]4(C)[C@@H]([C@H](C)CCC(=O)NCCS(=O)(=O)O)CC[C@H]4[C@@H]3CC[C@@H]2C([2H])([2H])[C@]1([2H])O[C@@H]1O[C@H](C(=O)O)[C@@H](O)C(O)[C@H]1O. The zero-order valence-electron chi connectivity index (χ0n) is 31.2. The molecule has 0 aromatic heterocycles. The monoisotopic (exact) mass is 664 g/mol. The molecule has 4 aliphatic carbocycles. The summed E-state index contributed by atoms with van der Waals surface area (Å²) >= 11 is 0. The number of aliphatic hydroxyl groups excluding tert-OH is 3. The Bertz CT molecular complexity index is 1420. The van der Waals surface area contributed by atoms with Gasteiger partial charge in [0.2, 0.25) is 5.91 Å². The molecule has 1 amide bonds. The smallest absolute Gasteiger partial charge is 0.335 e. The van der Waals surface area contributed by atoms with E-state index in [1.807, 2.05) is 6.92 Å². The first kappa shape index (κ1) is 28.6. The van der Waals surface area contributed by atoms with Crippen LogP contribution in [0.2, 0.25) is 0 Å². The predicted molar refractivity (Wildman–Crippen MR) is 162 cm³/mol. The lowest BCUT2D eigenvalue weighted by Gasteiger charge is -2.61. The average molecular weight is 665 g/mol. The van der Waals surface area contributed by atoms with E-state index in [2.05, 4.69) is 19.2 Å². The van der Waals surface area contributed by atoms with Crippen molar-refractivity contribution in [3.63, 3.8) is 0 Å². The van der Waals surface area contributed by atoms with Crippen LogP contribution in [-0.2, 0) is 29.2 Å². The lowest BCUT2D eigenvalue weighted by atomic mass is 9.44. The van der Waals surface area contributed by atoms with Gasteiger partial charge >= 0.3 is 5.97 Å². The summed E-state index contributed by atoms with van der Waals surface area (Å²) in [5.74, 6) is -2.32. The van der Waals surface area contributed by atoms with Crippen molar-refractivity contribution in [2.24, 2.45) is 46.3 Å². The second-order valence-corrected chi connectivity index (χ2v) is 16.1. The number of ether oxygens (including phenoxy) is 2. The van der Waals surface area contributed by atoms with Gasteiger partial charge in [-0.2, -0.15) is 8.42 Å². The minimum absolute atomic E-state index is 0.0402.